The quantitative estimate of drug-likeness (QED) is 0.0871. The van der Waals surface area contributed by atoms with Gasteiger partial charge >= 0.3 is 6.03 Å². The van der Waals surface area contributed by atoms with Crippen molar-refractivity contribution in [1.29, 1.82) is 0 Å². The van der Waals surface area contributed by atoms with Gasteiger partial charge in [0.25, 0.3) is 11.8 Å². The molecule has 2 atom stereocenters. The van der Waals surface area contributed by atoms with E-state index >= 15 is 0 Å². The van der Waals surface area contributed by atoms with Gasteiger partial charge in [-0.3, -0.25) is 24.8 Å². The number of H-pyrrole nitrogens is 1. The molecular formula is C30H37N7O4S2. The summed E-state index contributed by atoms with van der Waals surface area (Å²) in [6, 6.07) is 7.53. The smallest absolute Gasteiger partial charge is 0.337 e. The number of thiazole rings is 1. The lowest BCUT2D eigenvalue weighted by molar-refractivity contribution is -0.111. The average molecular weight is 624 g/mol. The van der Waals surface area contributed by atoms with Crippen molar-refractivity contribution < 1.29 is 19.2 Å². The monoisotopic (exact) mass is 623 g/mol. The molecule has 4 amide bonds. The molecule has 1 unspecified atom stereocenters. The number of nitrogens with two attached hydrogens (primary N) is 1. The summed E-state index contributed by atoms with van der Waals surface area (Å²) in [5.41, 5.74) is 3.92. The van der Waals surface area contributed by atoms with E-state index in [0.29, 0.717) is 35.2 Å². The van der Waals surface area contributed by atoms with Crippen molar-refractivity contribution >= 4 is 58.0 Å². The van der Waals surface area contributed by atoms with E-state index in [4.69, 9.17) is 5.84 Å². The number of carbonyl (C=O) groups excluding carboxylic acids is 4. The molecule has 11 nitrogen and oxygen atoms in total. The van der Waals surface area contributed by atoms with Gasteiger partial charge < -0.3 is 14.7 Å². The third-order valence-corrected chi connectivity index (χ3v) is 9.46. The number of nitrogens with zero attached hydrogens (tertiary/aromatic N) is 4. The largest absolute Gasteiger partial charge is 0.363 e. The Morgan fingerprint density at radius 2 is 1.93 bits per heavy atom. The molecule has 2 aliphatic rings. The molecule has 0 spiro atoms. The molecule has 0 radical (unpaired) electrons. The van der Waals surface area contributed by atoms with Crippen molar-refractivity contribution in [3.8, 4) is 0 Å². The van der Waals surface area contributed by atoms with Crippen molar-refractivity contribution in [2.45, 2.75) is 69.3 Å². The Morgan fingerprint density at radius 3 is 2.53 bits per heavy atom. The SMILES string of the molecule is CC(C)C[C@@H](C=O)N(C(=O)c1ccc2c(c1)SC(c1ccc[nH]1)N2C(=O)NN)C(=O)c1csc(N(CC(C)C)C2CC2)n1. The maximum absolute atomic E-state index is 14.1. The number of imide groups is 1. The molecule has 1 aromatic carbocycles. The zero-order valence-corrected chi connectivity index (χ0v) is 26.3. The van der Waals surface area contributed by atoms with E-state index in [2.05, 4.69) is 34.1 Å². The predicted octanol–water partition coefficient (Wildman–Crippen LogP) is 5.19. The van der Waals surface area contributed by atoms with Crippen LogP contribution in [0.3, 0.4) is 0 Å². The Kier molecular flexibility index (Phi) is 9.23. The first kappa shape index (κ1) is 30.8. The van der Waals surface area contributed by atoms with E-state index in [1.807, 2.05) is 26.0 Å². The van der Waals surface area contributed by atoms with E-state index in [0.717, 1.165) is 35.1 Å². The molecule has 228 valence electrons. The lowest BCUT2D eigenvalue weighted by atomic mass is 10.0. The summed E-state index contributed by atoms with van der Waals surface area (Å²) in [6.07, 6.45) is 4.93. The summed E-state index contributed by atoms with van der Waals surface area (Å²) < 4.78 is 0. The third kappa shape index (κ3) is 6.48. The second-order valence-electron chi connectivity index (χ2n) is 11.7. The molecule has 2 aromatic heterocycles. The lowest BCUT2D eigenvalue weighted by Gasteiger charge is -2.27. The first-order valence-corrected chi connectivity index (χ1v) is 16.2. The van der Waals surface area contributed by atoms with E-state index in [9.17, 15) is 19.2 Å². The number of aromatic amines is 1. The van der Waals surface area contributed by atoms with E-state index in [1.54, 1.807) is 29.8 Å². The topological polar surface area (TPSA) is 145 Å². The fourth-order valence-corrected chi connectivity index (χ4v) is 7.44. The number of rotatable bonds is 11. The average Bonchev–Trinajstić information content (AvgIpc) is 3.35. The first-order valence-electron chi connectivity index (χ1n) is 14.4. The van der Waals surface area contributed by atoms with E-state index in [-0.39, 0.29) is 17.2 Å². The van der Waals surface area contributed by atoms with Gasteiger partial charge in [0.15, 0.2) is 5.13 Å². The van der Waals surface area contributed by atoms with Gasteiger partial charge in [-0.15, -0.1) is 11.3 Å². The van der Waals surface area contributed by atoms with Crippen molar-refractivity contribution in [3.63, 3.8) is 0 Å². The summed E-state index contributed by atoms with van der Waals surface area (Å²) in [4.78, 5) is 66.5. The van der Waals surface area contributed by atoms with Crippen molar-refractivity contribution in [1.82, 2.24) is 20.3 Å². The molecule has 3 heterocycles. The van der Waals surface area contributed by atoms with Crippen LogP contribution in [0.4, 0.5) is 15.6 Å². The van der Waals surface area contributed by atoms with Crippen LogP contribution in [0.15, 0.2) is 46.8 Å². The molecule has 4 N–H and O–H groups in total. The van der Waals surface area contributed by atoms with Crippen LogP contribution < -0.4 is 21.1 Å². The zero-order valence-electron chi connectivity index (χ0n) is 24.6. The normalized spacial score (nSPS) is 16.7. The van der Waals surface area contributed by atoms with Crippen molar-refractivity contribution in [3.05, 3.63) is 58.9 Å². The molecular weight excluding hydrogens is 587 g/mol. The van der Waals surface area contributed by atoms with Crippen LogP contribution in [0.25, 0.3) is 0 Å². The Bertz CT molecular complexity index is 1490. The molecule has 1 aliphatic heterocycles. The zero-order chi connectivity index (χ0) is 30.8. The van der Waals surface area contributed by atoms with Crippen molar-refractivity contribution in [2.24, 2.45) is 17.7 Å². The minimum Gasteiger partial charge on any atom is -0.363 e. The number of hydrogen-bond acceptors (Lipinski definition) is 9. The van der Waals surface area contributed by atoms with Crippen LogP contribution in [0.1, 0.15) is 78.9 Å². The van der Waals surface area contributed by atoms with Crippen LogP contribution in [-0.2, 0) is 4.79 Å². The summed E-state index contributed by atoms with van der Waals surface area (Å²) in [5.74, 6) is 4.76. The van der Waals surface area contributed by atoms with Gasteiger partial charge in [0.05, 0.1) is 11.7 Å². The molecule has 1 fully saturated rings. The molecule has 13 heteroatoms. The number of fused-ring (bicyclic) bond motifs is 1. The van der Waals surface area contributed by atoms with Gasteiger partial charge in [-0.25, -0.2) is 15.6 Å². The number of aromatic nitrogens is 2. The number of carbonyl (C=O) groups is 4. The van der Waals surface area contributed by atoms with Gasteiger partial charge in [0.1, 0.15) is 17.4 Å². The molecule has 43 heavy (non-hydrogen) atoms. The minimum atomic E-state index is -0.965. The fourth-order valence-electron chi connectivity index (χ4n) is 5.24. The van der Waals surface area contributed by atoms with Crippen molar-refractivity contribution in [2.75, 3.05) is 16.3 Å². The molecule has 0 saturated heterocycles. The second-order valence-corrected chi connectivity index (χ2v) is 13.7. The Balaban J connectivity index is 1.48. The maximum Gasteiger partial charge on any atom is 0.337 e. The van der Waals surface area contributed by atoms with Crippen LogP contribution in [0.5, 0.6) is 0 Å². The summed E-state index contributed by atoms with van der Waals surface area (Å²) >= 11 is 2.76. The van der Waals surface area contributed by atoms with Gasteiger partial charge in [0.2, 0.25) is 0 Å². The number of anilines is 2. The van der Waals surface area contributed by atoms with Crippen LogP contribution in [0, 0.1) is 11.8 Å². The standard InChI is InChI=1S/C30H37N7O4S2/c1-17(2)12-21(15-38)36(27(40)23-16-42-30(33-23)35(14-18(3)4)20-8-9-20)26(39)19-7-10-24-25(13-19)43-28(22-6-5-11-32-22)37(24)29(41)34-31/h5-7,10-11,13,15-18,20-21,28,32H,8-9,12,14,31H2,1-4H3,(H,34,41)/t21-,28?/m0/s1. The number of thioether (sulfide) groups is 1. The number of amides is 4. The van der Waals surface area contributed by atoms with Crippen LogP contribution in [0.2, 0.25) is 0 Å². The maximum atomic E-state index is 14.1. The highest BCUT2D eigenvalue weighted by Crippen LogP contribution is 2.51. The predicted molar refractivity (Wildman–Crippen MR) is 168 cm³/mol. The minimum absolute atomic E-state index is 0.0566. The highest BCUT2D eigenvalue weighted by atomic mass is 32.2. The summed E-state index contributed by atoms with van der Waals surface area (Å²) in [5, 5.41) is 1.99. The Morgan fingerprint density at radius 1 is 1.16 bits per heavy atom. The number of aldehydes is 1. The molecule has 1 aliphatic carbocycles. The number of hydrogen-bond donors (Lipinski definition) is 3. The summed E-state index contributed by atoms with van der Waals surface area (Å²) in [7, 11) is 0. The van der Waals surface area contributed by atoms with Crippen LogP contribution >= 0.6 is 23.1 Å². The number of urea groups is 1. The lowest BCUT2D eigenvalue weighted by Crippen LogP contribution is -2.46. The third-order valence-electron chi connectivity index (χ3n) is 7.32. The number of nitrogens with one attached hydrogen (secondary N) is 2. The summed E-state index contributed by atoms with van der Waals surface area (Å²) in [6.45, 7) is 9.00. The number of benzene rings is 1. The highest BCUT2D eigenvalue weighted by molar-refractivity contribution is 8.00. The number of hydrazine groups is 1. The molecule has 3 aromatic rings. The van der Waals surface area contributed by atoms with Gasteiger partial charge in [-0.05, 0) is 61.4 Å². The molecule has 0 bridgehead atoms. The molecule has 1 saturated carbocycles. The fraction of sp³-hybridized carbons (Fsp3) is 0.433. The van der Waals surface area contributed by atoms with Crippen LogP contribution in [-0.4, -0.2) is 57.6 Å². The first-order chi connectivity index (χ1) is 20.6. The van der Waals surface area contributed by atoms with Gasteiger partial charge in [-0.2, -0.15) is 0 Å². The molecule has 5 rings (SSSR count). The van der Waals surface area contributed by atoms with Gasteiger partial charge in [-0.1, -0.05) is 39.5 Å². The second kappa shape index (κ2) is 12.9. The van der Waals surface area contributed by atoms with E-state index in [1.165, 1.54) is 28.0 Å². The van der Waals surface area contributed by atoms with E-state index < -0.39 is 29.3 Å². The highest BCUT2D eigenvalue weighted by Gasteiger charge is 2.39. The van der Waals surface area contributed by atoms with Gasteiger partial charge in [0, 0.05) is 40.3 Å². The Hall–Kier alpha value is -3.68. The Labute approximate surface area is 259 Å².